The number of rotatable bonds is 6. The molecule has 2 N–H and O–H groups in total. The van der Waals surface area contributed by atoms with Crippen LogP contribution in [0.4, 0.5) is 11.5 Å². The van der Waals surface area contributed by atoms with Gasteiger partial charge in [-0.3, -0.25) is 14.9 Å². The molecule has 0 radical (unpaired) electrons. The molecule has 0 saturated carbocycles. The third-order valence-corrected chi connectivity index (χ3v) is 6.09. The average Bonchev–Trinajstić information content (AvgIpc) is 3.28. The number of hydrogen-bond acceptors (Lipinski definition) is 6. The molecule has 1 aliphatic rings. The Labute approximate surface area is 199 Å². The Morgan fingerprint density at radius 2 is 1.88 bits per heavy atom. The van der Waals surface area contributed by atoms with Crippen molar-refractivity contribution in [3.63, 3.8) is 0 Å². The average molecular weight is 456 g/mol. The van der Waals surface area contributed by atoms with E-state index >= 15 is 0 Å². The monoisotopic (exact) mass is 455 g/mol. The number of anilines is 2. The van der Waals surface area contributed by atoms with Gasteiger partial charge in [-0.2, -0.15) is 5.10 Å². The van der Waals surface area contributed by atoms with Crippen LogP contribution in [0.1, 0.15) is 35.3 Å². The minimum absolute atomic E-state index is 0.268. The molecule has 0 spiro atoms. The highest BCUT2D eigenvalue weighted by molar-refractivity contribution is 6.11. The van der Waals surface area contributed by atoms with Crippen LogP contribution in [0.2, 0.25) is 0 Å². The van der Waals surface area contributed by atoms with Gasteiger partial charge in [0.05, 0.1) is 17.4 Å². The number of aromatic nitrogens is 4. The van der Waals surface area contributed by atoms with Crippen molar-refractivity contribution in [2.45, 2.75) is 25.8 Å². The summed E-state index contributed by atoms with van der Waals surface area (Å²) < 4.78 is 0. The molecule has 0 aliphatic carbocycles. The number of benzene rings is 1. The smallest absolute Gasteiger partial charge is 0.276 e. The molecule has 1 amide bonds. The van der Waals surface area contributed by atoms with Gasteiger partial charge >= 0.3 is 0 Å². The van der Waals surface area contributed by atoms with Gasteiger partial charge in [0.25, 0.3) is 5.91 Å². The number of fused-ring (bicyclic) bond motifs is 1. The molecule has 1 aromatic carbocycles. The standard InChI is InChI=1S/C26H29N7O/c1-32(2)17-18-12-20(15-27-14-18)19-6-8-23-22(13-19)25(31-30-23)26(34)29-21-7-9-24(28-16-21)33-10-4-3-5-11-33/h6-9,12-16H,3-5,10-11,17H2,1-2H3,(H,29,34)(H,30,31). The fraction of sp³-hybridized carbons (Fsp3) is 0.308. The number of H-pyrrole nitrogens is 1. The van der Waals surface area contributed by atoms with Gasteiger partial charge in [0, 0.05) is 43.0 Å². The van der Waals surface area contributed by atoms with E-state index in [4.69, 9.17) is 0 Å². The molecule has 1 aliphatic heterocycles. The maximum Gasteiger partial charge on any atom is 0.276 e. The molecule has 3 aromatic heterocycles. The predicted octanol–water partition coefficient (Wildman–Crippen LogP) is 4.32. The molecular formula is C26H29N7O. The quantitative estimate of drug-likeness (QED) is 0.450. The van der Waals surface area contributed by atoms with Crippen LogP contribution < -0.4 is 10.2 Å². The van der Waals surface area contributed by atoms with Crippen molar-refractivity contribution in [1.29, 1.82) is 0 Å². The second-order valence-electron chi connectivity index (χ2n) is 9.06. The SMILES string of the molecule is CN(C)Cc1cncc(-c2ccc3[nH]nc(C(=O)Nc4ccc(N5CCCCC5)nc4)c3c2)c1. The van der Waals surface area contributed by atoms with Crippen LogP contribution in [0, 0.1) is 0 Å². The van der Waals surface area contributed by atoms with Gasteiger partial charge in [-0.25, -0.2) is 4.98 Å². The summed E-state index contributed by atoms with van der Waals surface area (Å²) in [6.07, 6.45) is 9.11. The highest BCUT2D eigenvalue weighted by Gasteiger charge is 2.17. The summed E-state index contributed by atoms with van der Waals surface area (Å²) >= 11 is 0. The largest absolute Gasteiger partial charge is 0.357 e. The highest BCUT2D eigenvalue weighted by Crippen LogP contribution is 2.26. The summed E-state index contributed by atoms with van der Waals surface area (Å²) in [4.78, 5) is 26.4. The number of nitrogens with one attached hydrogen (secondary N) is 2. The Morgan fingerprint density at radius 3 is 2.65 bits per heavy atom. The molecule has 0 atom stereocenters. The Hall–Kier alpha value is -3.78. The molecule has 0 bridgehead atoms. The van der Waals surface area contributed by atoms with Crippen molar-refractivity contribution in [2.75, 3.05) is 37.4 Å². The van der Waals surface area contributed by atoms with Gasteiger partial charge in [0.15, 0.2) is 5.69 Å². The molecule has 1 saturated heterocycles. The molecule has 5 rings (SSSR count). The van der Waals surface area contributed by atoms with E-state index in [0.29, 0.717) is 11.4 Å². The third-order valence-electron chi connectivity index (χ3n) is 6.09. The van der Waals surface area contributed by atoms with Crippen molar-refractivity contribution in [1.82, 2.24) is 25.1 Å². The minimum Gasteiger partial charge on any atom is -0.357 e. The highest BCUT2D eigenvalue weighted by atomic mass is 16.1. The Balaban J connectivity index is 1.36. The van der Waals surface area contributed by atoms with Crippen LogP contribution >= 0.6 is 0 Å². The van der Waals surface area contributed by atoms with Gasteiger partial charge in [-0.1, -0.05) is 6.07 Å². The first kappa shape index (κ1) is 22.0. The zero-order valence-corrected chi connectivity index (χ0v) is 19.6. The van der Waals surface area contributed by atoms with E-state index in [2.05, 4.69) is 41.3 Å². The fourth-order valence-electron chi connectivity index (χ4n) is 4.42. The van der Waals surface area contributed by atoms with Crippen LogP contribution in [0.25, 0.3) is 22.0 Å². The van der Waals surface area contributed by atoms with Gasteiger partial charge in [-0.05, 0) is 74.8 Å². The first-order valence-corrected chi connectivity index (χ1v) is 11.7. The molecular weight excluding hydrogens is 426 g/mol. The maximum absolute atomic E-state index is 13.0. The number of hydrogen-bond donors (Lipinski definition) is 2. The molecule has 34 heavy (non-hydrogen) atoms. The van der Waals surface area contributed by atoms with Gasteiger partial charge < -0.3 is 15.1 Å². The number of nitrogens with zero attached hydrogens (tertiary/aromatic N) is 5. The summed E-state index contributed by atoms with van der Waals surface area (Å²) in [5.41, 5.74) is 4.95. The van der Waals surface area contributed by atoms with E-state index in [-0.39, 0.29) is 5.91 Å². The molecule has 8 heteroatoms. The lowest BCUT2D eigenvalue weighted by Gasteiger charge is -2.27. The van der Waals surface area contributed by atoms with E-state index in [1.165, 1.54) is 19.3 Å². The van der Waals surface area contributed by atoms with Crippen molar-refractivity contribution < 1.29 is 4.79 Å². The first-order valence-electron chi connectivity index (χ1n) is 11.7. The van der Waals surface area contributed by atoms with Gasteiger partial charge in [0.1, 0.15) is 5.82 Å². The van der Waals surface area contributed by atoms with Crippen LogP contribution in [0.5, 0.6) is 0 Å². The van der Waals surface area contributed by atoms with E-state index < -0.39 is 0 Å². The molecule has 174 valence electrons. The lowest BCUT2D eigenvalue weighted by Crippen LogP contribution is -2.30. The summed E-state index contributed by atoms with van der Waals surface area (Å²) in [7, 11) is 4.07. The Kier molecular flexibility index (Phi) is 6.22. The van der Waals surface area contributed by atoms with Crippen LogP contribution in [-0.4, -0.2) is 58.2 Å². The number of carbonyl (C=O) groups excluding carboxylic acids is 1. The Morgan fingerprint density at radius 1 is 1.03 bits per heavy atom. The molecule has 4 aromatic rings. The topological polar surface area (TPSA) is 90.0 Å². The summed E-state index contributed by atoms with van der Waals surface area (Å²) in [6, 6.07) is 11.9. The molecule has 4 heterocycles. The Bertz CT molecular complexity index is 1290. The normalized spacial score (nSPS) is 14.0. The van der Waals surface area contributed by atoms with Crippen LogP contribution in [0.3, 0.4) is 0 Å². The second kappa shape index (κ2) is 9.61. The lowest BCUT2D eigenvalue weighted by atomic mass is 10.0. The van der Waals surface area contributed by atoms with Crippen molar-refractivity contribution in [2.24, 2.45) is 0 Å². The summed E-state index contributed by atoms with van der Waals surface area (Å²) in [5, 5.41) is 11.0. The number of pyridine rings is 2. The van der Waals surface area contributed by atoms with E-state index in [9.17, 15) is 4.79 Å². The maximum atomic E-state index is 13.0. The molecule has 1 fully saturated rings. The summed E-state index contributed by atoms with van der Waals surface area (Å²) in [5.74, 6) is 0.688. The number of aromatic amines is 1. The van der Waals surface area contributed by atoms with Crippen LogP contribution in [-0.2, 0) is 6.54 Å². The van der Waals surface area contributed by atoms with E-state index in [1.54, 1.807) is 6.20 Å². The van der Waals surface area contributed by atoms with Crippen molar-refractivity contribution >= 4 is 28.3 Å². The van der Waals surface area contributed by atoms with Crippen molar-refractivity contribution in [3.8, 4) is 11.1 Å². The molecule has 8 nitrogen and oxygen atoms in total. The van der Waals surface area contributed by atoms with Gasteiger partial charge in [0.2, 0.25) is 0 Å². The van der Waals surface area contributed by atoms with E-state index in [1.807, 2.05) is 56.8 Å². The number of carbonyl (C=O) groups is 1. The van der Waals surface area contributed by atoms with E-state index in [0.717, 1.165) is 53.0 Å². The summed E-state index contributed by atoms with van der Waals surface area (Å²) in [6.45, 7) is 2.88. The first-order chi connectivity index (χ1) is 16.6. The van der Waals surface area contributed by atoms with Crippen LogP contribution in [0.15, 0.2) is 55.0 Å². The van der Waals surface area contributed by atoms with Crippen molar-refractivity contribution in [3.05, 3.63) is 66.2 Å². The third kappa shape index (κ3) is 4.77. The van der Waals surface area contributed by atoms with Gasteiger partial charge in [-0.15, -0.1) is 0 Å². The lowest BCUT2D eigenvalue weighted by molar-refractivity contribution is 0.102. The fourth-order valence-corrected chi connectivity index (χ4v) is 4.42. The zero-order valence-electron chi connectivity index (χ0n) is 19.6. The minimum atomic E-state index is -0.268. The predicted molar refractivity (Wildman–Crippen MR) is 135 cm³/mol. The zero-order chi connectivity index (χ0) is 23.5. The number of amides is 1. The molecule has 0 unspecified atom stereocenters. The second-order valence-corrected chi connectivity index (χ2v) is 9.06. The number of piperidine rings is 1.